The summed E-state index contributed by atoms with van der Waals surface area (Å²) in [5.41, 5.74) is 2.64. The van der Waals surface area contributed by atoms with E-state index in [0.29, 0.717) is 23.8 Å². The minimum absolute atomic E-state index is 0.0739. The molecule has 2 aliphatic rings. The topological polar surface area (TPSA) is 66.5 Å². The fourth-order valence-corrected chi connectivity index (χ4v) is 5.77. The van der Waals surface area contributed by atoms with Crippen molar-refractivity contribution in [3.05, 3.63) is 28.3 Å². The molecule has 2 fully saturated rings. The van der Waals surface area contributed by atoms with Gasteiger partial charge in [-0.05, 0) is 42.9 Å². The van der Waals surface area contributed by atoms with Crippen LogP contribution in [0.4, 0.5) is 10.5 Å². The van der Waals surface area contributed by atoms with Crippen molar-refractivity contribution in [2.75, 3.05) is 29.9 Å². The molecule has 0 saturated carbocycles. The number of aryl methyl sites for hydroxylation is 1. The highest BCUT2D eigenvalue weighted by Gasteiger charge is 2.45. The Kier molecular flexibility index (Phi) is 3.85. The molecule has 1 N–H and O–H groups in total. The van der Waals surface area contributed by atoms with E-state index >= 15 is 0 Å². The number of carbonyl (C=O) groups excluding carboxylic acids is 1. The second-order valence-electron chi connectivity index (χ2n) is 6.30. The van der Waals surface area contributed by atoms with Crippen LogP contribution in [0.1, 0.15) is 11.1 Å². The van der Waals surface area contributed by atoms with Gasteiger partial charge in [0.2, 0.25) is 0 Å². The largest absolute Gasteiger partial charge is 0.324 e. The van der Waals surface area contributed by atoms with Crippen molar-refractivity contribution in [1.29, 1.82) is 0 Å². The molecule has 1 aromatic carbocycles. The Balaban J connectivity index is 1.71. The maximum atomic E-state index is 12.4. The number of nitrogens with zero attached hydrogens (tertiary/aromatic N) is 1. The Morgan fingerprint density at radius 3 is 2.41 bits per heavy atom. The van der Waals surface area contributed by atoms with Gasteiger partial charge < -0.3 is 10.2 Å². The summed E-state index contributed by atoms with van der Waals surface area (Å²) in [7, 11) is -2.91. The average molecular weight is 343 g/mol. The Hall–Kier alpha value is -1.27. The van der Waals surface area contributed by atoms with Crippen LogP contribution in [0.5, 0.6) is 0 Å². The predicted octanol–water partition coefficient (Wildman–Crippen LogP) is 2.47. The first-order chi connectivity index (χ1) is 10.3. The molecule has 2 atom stereocenters. The molecule has 2 heterocycles. The average Bonchev–Trinajstić information content (AvgIpc) is 2.92. The normalized spacial score (nSPS) is 26.0. The Bertz CT molecular complexity index is 713. The van der Waals surface area contributed by atoms with Crippen LogP contribution < -0.4 is 5.32 Å². The number of likely N-dealkylation sites (tertiary alicyclic amines) is 1. The van der Waals surface area contributed by atoms with E-state index in [2.05, 4.69) is 5.32 Å². The fraction of sp³-hybridized carbons (Fsp3) is 0.533. The molecular formula is C15H19ClN2O3S. The maximum Gasteiger partial charge on any atom is 0.321 e. The third kappa shape index (κ3) is 2.82. The van der Waals surface area contributed by atoms with Gasteiger partial charge >= 0.3 is 6.03 Å². The summed E-state index contributed by atoms with van der Waals surface area (Å²) >= 11 is 6.17. The van der Waals surface area contributed by atoms with Gasteiger partial charge in [-0.3, -0.25) is 0 Å². The smallest absolute Gasteiger partial charge is 0.321 e. The lowest BCUT2D eigenvalue weighted by Crippen LogP contribution is -2.35. The number of sulfone groups is 1. The number of nitrogens with one attached hydrogen (secondary N) is 1. The molecule has 1 aromatic rings. The molecule has 0 unspecified atom stereocenters. The van der Waals surface area contributed by atoms with E-state index in [0.717, 1.165) is 11.1 Å². The summed E-state index contributed by atoms with van der Waals surface area (Å²) in [5, 5.41) is 3.39. The van der Waals surface area contributed by atoms with Crippen LogP contribution in [-0.2, 0) is 9.84 Å². The first kappa shape index (κ1) is 15.6. The number of fused-ring (bicyclic) bond motifs is 1. The third-order valence-electron chi connectivity index (χ3n) is 4.72. The number of anilines is 1. The standard InChI is InChI=1S/C15H19ClN2O3S/c1-9-3-4-13(16)14(10(9)2)17-15(19)18-5-11-7-22(20,21)8-12(11)6-18/h3-4,11-12H,5-8H2,1-2H3,(H,17,19)/t11-,12+. The van der Waals surface area contributed by atoms with E-state index in [4.69, 9.17) is 11.6 Å². The van der Waals surface area contributed by atoms with Crippen LogP contribution in [0.2, 0.25) is 5.02 Å². The Morgan fingerprint density at radius 1 is 1.23 bits per heavy atom. The van der Waals surface area contributed by atoms with Gasteiger partial charge in [-0.25, -0.2) is 13.2 Å². The fourth-order valence-electron chi connectivity index (χ4n) is 3.32. The van der Waals surface area contributed by atoms with Crippen LogP contribution >= 0.6 is 11.6 Å². The van der Waals surface area contributed by atoms with E-state index < -0.39 is 9.84 Å². The van der Waals surface area contributed by atoms with Crippen molar-refractivity contribution in [3.63, 3.8) is 0 Å². The number of hydrogen-bond acceptors (Lipinski definition) is 3. The number of amides is 2. The third-order valence-corrected chi connectivity index (χ3v) is 6.90. The first-order valence-corrected chi connectivity index (χ1v) is 9.49. The molecule has 0 spiro atoms. The Labute approximate surface area is 135 Å². The minimum Gasteiger partial charge on any atom is -0.324 e. The number of urea groups is 1. The lowest BCUT2D eigenvalue weighted by Gasteiger charge is -2.20. The molecule has 5 nitrogen and oxygen atoms in total. The molecular weight excluding hydrogens is 324 g/mol. The summed E-state index contributed by atoms with van der Waals surface area (Å²) in [6, 6.07) is 3.48. The van der Waals surface area contributed by atoms with Crippen LogP contribution in [0.25, 0.3) is 0 Å². The van der Waals surface area contributed by atoms with Gasteiger partial charge in [-0.15, -0.1) is 0 Å². The molecule has 2 amide bonds. The van der Waals surface area contributed by atoms with Gasteiger partial charge in [0.25, 0.3) is 0 Å². The molecule has 0 aromatic heterocycles. The molecule has 3 rings (SSSR count). The monoisotopic (exact) mass is 342 g/mol. The van der Waals surface area contributed by atoms with Crippen molar-refractivity contribution in [3.8, 4) is 0 Å². The molecule has 2 saturated heterocycles. The zero-order valence-corrected chi connectivity index (χ0v) is 14.2. The van der Waals surface area contributed by atoms with Crippen molar-refractivity contribution in [2.24, 2.45) is 11.8 Å². The van der Waals surface area contributed by atoms with Gasteiger partial charge in [-0.1, -0.05) is 17.7 Å². The van der Waals surface area contributed by atoms with Gasteiger partial charge in [-0.2, -0.15) is 0 Å². The molecule has 0 aliphatic carbocycles. The lowest BCUT2D eigenvalue weighted by atomic mass is 10.0. The number of benzene rings is 1. The van der Waals surface area contributed by atoms with Crippen molar-refractivity contribution >= 4 is 33.2 Å². The number of halogens is 1. The summed E-state index contributed by atoms with van der Waals surface area (Å²) in [6.07, 6.45) is 0. The van der Waals surface area contributed by atoms with E-state index in [-0.39, 0.29) is 29.4 Å². The zero-order chi connectivity index (χ0) is 16.1. The van der Waals surface area contributed by atoms with E-state index in [9.17, 15) is 13.2 Å². The van der Waals surface area contributed by atoms with Gasteiger partial charge in [0.1, 0.15) is 0 Å². The summed E-state index contributed by atoms with van der Waals surface area (Å²) in [6.45, 7) is 4.88. The molecule has 22 heavy (non-hydrogen) atoms. The maximum absolute atomic E-state index is 12.4. The highest BCUT2D eigenvalue weighted by molar-refractivity contribution is 7.91. The van der Waals surface area contributed by atoms with Crippen LogP contribution in [-0.4, -0.2) is 43.9 Å². The van der Waals surface area contributed by atoms with Crippen LogP contribution in [0, 0.1) is 25.7 Å². The van der Waals surface area contributed by atoms with Crippen LogP contribution in [0.3, 0.4) is 0 Å². The minimum atomic E-state index is -2.91. The SMILES string of the molecule is Cc1ccc(Cl)c(NC(=O)N2C[C@@H]3CS(=O)(=O)C[C@@H]3C2)c1C. The van der Waals surface area contributed by atoms with Crippen molar-refractivity contribution in [2.45, 2.75) is 13.8 Å². The van der Waals surface area contributed by atoms with E-state index in [1.165, 1.54) is 0 Å². The van der Waals surface area contributed by atoms with E-state index in [1.54, 1.807) is 11.0 Å². The molecule has 120 valence electrons. The summed E-state index contributed by atoms with van der Waals surface area (Å²) < 4.78 is 23.2. The second kappa shape index (κ2) is 5.42. The highest BCUT2D eigenvalue weighted by atomic mass is 35.5. The summed E-state index contributed by atoms with van der Waals surface area (Å²) in [5.74, 6) is 0.548. The molecule has 0 bridgehead atoms. The van der Waals surface area contributed by atoms with E-state index in [1.807, 2.05) is 19.9 Å². The first-order valence-electron chi connectivity index (χ1n) is 7.29. The number of hydrogen-bond donors (Lipinski definition) is 1. The number of carbonyl (C=O) groups is 1. The van der Waals surface area contributed by atoms with Gasteiger partial charge in [0, 0.05) is 13.1 Å². The second-order valence-corrected chi connectivity index (χ2v) is 8.86. The molecule has 2 aliphatic heterocycles. The predicted molar refractivity (Wildman–Crippen MR) is 87.2 cm³/mol. The van der Waals surface area contributed by atoms with Crippen molar-refractivity contribution in [1.82, 2.24) is 4.90 Å². The highest BCUT2D eigenvalue weighted by Crippen LogP contribution is 2.34. The van der Waals surface area contributed by atoms with Crippen molar-refractivity contribution < 1.29 is 13.2 Å². The lowest BCUT2D eigenvalue weighted by molar-refractivity contribution is 0.220. The number of rotatable bonds is 1. The Morgan fingerprint density at radius 2 is 1.82 bits per heavy atom. The molecule has 7 heteroatoms. The quantitative estimate of drug-likeness (QED) is 0.852. The zero-order valence-electron chi connectivity index (χ0n) is 12.6. The summed E-state index contributed by atoms with van der Waals surface area (Å²) in [4.78, 5) is 14.1. The van der Waals surface area contributed by atoms with Gasteiger partial charge in [0.05, 0.1) is 22.2 Å². The van der Waals surface area contributed by atoms with Gasteiger partial charge in [0.15, 0.2) is 9.84 Å². The molecule has 0 radical (unpaired) electrons. The van der Waals surface area contributed by atoms with Crippen LogP contribution in [0.15, 0.2) is 12.1 Å².